The van der Waals surface area contributed by atoms with Gasteiger partial charge in [-0.2, -0.15) is 0 Å². The number of benzene rings is 1. The second kappa shape index (κ2) is 6.73. The van der Waals surface area contributed by atoms with Gasteiger partial charge < -0.3 is 14.9 Å². The highest BCUT2D eigenvalue weighted by Gasteiger charge is 2.08. The molecule has 0 spiro atoms. The van der Waals surface area contributed by atoms with Crippen molar-refractivity contribution < 1.29 is 14.4 Å². The molecule has 0 aliphatic carbocycles. The molecule has 2 N–H and O–H groups in total. The Morgan fingerprint density at radius 1 is 1.33 bits per heavy atom. The molecule has 21 heavy (non-hydrogen) atoms. The van der Waals surface area contributed by atoms with Gasteiger partial charge in [0.05, 0.1) is 12.2 Å². The summed E-state index contributed by atoms with van der Waals surface area (Å²) in [6.07, 6.45) is 0. The Morgan fingerprint density at radius 2 is 2.14 bits per heavy atom. The summed E-state index contributed by atoms with van der Waals surface area (Å²) in [4.78, 5) is 12.1. The lowest BCUT2D eigenvalue weighted by Crippen LogP contribution is -2.22. The van der Waals surface area contributed by atoms with E-state index in [1.54, 1.807) is 18.2 Å². The zero-order valence-electron chi connectivity index (χ0n) is 11.9. The predicted molar refractivity (Wildman–Crippen MR) is 77.6 cm³/mol. The first kappa shape index (κ1) is 14.8. The van der Waals surface area contributed by atoms with Crippen molar-refractivity contribution >= 4 is 5.91 Å². The monoisotopic (exact) mass is 284 g/mol. The lowest BCUT2D eigenvalue weighted by Gasteiger charge is -2.05. The standard InChI is InChI=1S/C16H16N2O3/c1-11-6-13(4-3-5-19)9-14(7-11)16(20)17-10-15-8-12(2)18-21-15/h6-9,19H,5,10H2,1-2H3,(H,17,20). The minimum absolute atomic E-state index is 0.208. The first-order chi connectivity index (χ1) is 10.1. The molecular weight excluding hydrogens is 268 g/mol. The number of rotatable bonds is 3. The normalized spacial score (nSPS) is 9.86. The molecule has 0 atom stereocenters. The number of nitrogens with zero attached hydrogens (tertiary/aromatic N) is 1. The molecule has 0 aliphatic rings. The van der Waals surface area contributed by atoms with E-state index in [4.69, 9.17) is 9.63 Å². The molecule has 0 fully saturated rings. The minimum atomic E-state index is -0.209. The number of hydrogen-bond donors (Lipinski definition) is 2. The number of carbonyl (C=O) groups excluding carboxylic acids is 1. The number of nitrogens with one attached hydrogen (secondary N) is 1. The van der Waals surface area contributed by atoms with Gasteiger partial charge in [0.1, 0.15) is 6.61 Å². The molecule has 5 heteroatoms. The molecule has 0 unspecified atom stereocenters. The van der Waals surface area contributed by atoms with Crippen LogP contribution in [0.1, 0.15) is 32.9 Å². The third kappa shape index (κ3) is 4.20. The Balaban J connectivity index is 2.09. The third-order valence-electron chi connectivity index (χ3n) is 2.75. The highest BCUT2D eigenvalue weighted by atomic mass is 16.5. The Bertz CT molecular complexity index is 708. The summed E-state index contributed by atoms with van der Waals surface area (Å²) >= 11 is 0. The van der Waals surface area contributed by atoms with Crippen LogP contribution in [-0.2, 0) is 6.54 Å². The largest absolute Gasteiger partial charge is 0.384 e. The van der Waals surface area contributed by atoms with E-state index < -0.39 is 0 Å². The maximum atomic E-state index is 12.1. The van der Waals surface area contributed by atoms with Crippen molar-refractivity contribution in [2.75, 3.05) is 6.61 Å². The first-order valence-corrected chi connectivity index (χ1v) is 6.50. The molecule has 0 saturated heterocycles. The number of aryl methyl sites for hydroxylation is 2. The fourth-order valence-electron chi connectivity index (χ4n) is 1.90. The van der Waals surface area contributed by atoms with Gasteiger partial charge in [0, 0.05) is 17.2 Å². The summed E-state index contributed by atoms with van der Waals surface area (Å²) in [5.41, 5.74) is 2.93. The fraction of sp³-hybridized carbons (Fsp3) is 0.250. The van der Waals surface area contributed by atoms with Crippen molar-refractivity contribution in [3.8, 4) is 11.8 Å². The van der Waals surface area contributed by atoms with Crippen molar-refractivity contribution in [3.05, 3.63) is 52.4 Å². The Morgan fingerprint density at radius 3 is 2.81 bits per heavy atom. The van der Waals surface area contributed by atoms with Crippen molar-refractivity contribution in [2.24, 2.45) is 0 Å². The van der Waals surface area contributed by atoms with Crippen molar-refractivity contribution in [2.45, 2.75) is 20.4 Å². The summed E-state index contributed by atoms with van der Waals surface area (Å²) in [7, 11) is 0. The molecule has 0 aliphatic heterocycles. The third-order valence-corrected chi connectivity index (χ3v) is 2.75. The molecule has 108 valence electrons. The topological polar surface area (TPSA) is 75.4 Å². The van der Waals surface area contributed by atoms with Crippen LogP contribution in [0.3, 0.4) is 0 Å². The Kier molecular flexibility index (Phi) is 4.75. The van der Waals surface area contributed by atoms with Crippen LogP contribution < -0.4 is 5.32 Å². The summed E-state index contributed by atoms with van der Waals surface area (Å²) < 4.78 is 5.04. The Hall–Kier alpha value is -2.58. The lowest BCUT2D eigenvalue weighted by atomic mass is 10.1. The van der Waals surface area contributed by atoms with Gasteiger partial charge in [-0.15, -0.1) is 0 Å². The van der Waals surface area contributed by atoms with Gasteiger partial charge in [-0.05, 0) is 37.6 Å². The molecule has 1 aromatic carbocycles. The molecule has 1 aromatic heterocycles. The van der Waals surface area contributed by atoms with Crippen molar-refractivity contribution in [1.29, 1.82) is 0 Å². The zero-order chi connectivity index (χ0) is 15.2. The fourth-order valence-corrected chi connectivity index (χ4v) is 1.90. The maximum absolute atomic E-state index is 12.1. The van der Waals surface area contributed by atoms with Crippen LogP contribution in [0.5, 0.6) is 0 Å². The highest BCUT2D eigenvalue weighted by molar-refractivity contribution is 5.94. The molecule has 5 nitrogen and oxygen atoms in total. The van der Waals surface area contributed by atoms with Crippen LogP contribution in [0.15, 0.2) is 28.8 Å². The molecular formula is C16H16N2O3. The molecule has 0 bridgehead atoms. The predicted octanol–water partition coefficient (Wildman–Crippen LogP) is 1.57. The SMILES string of the molecule is Cc1cc(C#CCO)cc(C(=O)NCc2cc(C)no2)c1. The second-order valence-electron chi connectivity index (χ2n) is 4.66. The Labute approximate surface area is 123 Å². The van der Waals surface area contributed by atoms with Crippen LogP contribution in [-0.4, -0.2) is 22.8 Å². The lowest BCUT2D eigenvalue weighted by molar-refractivity contribution is 0.0947. The van der Waals surface area contributed by atoms with Crippen LogP contribution in [0.25, 0.3) is 0 Å². The molecule has 2 rings (SSSR count). The van der Waals surface area contributed by atoms with Crippen LogP contribution in [0.4, 0.5) is 0 Å². The van der Waals surface area contributed by atoms with E-state index in [1.807, 2.05) is 19.9 Å². The summed E-state index contributed by atoms with van der Waals surface area (Å²) in [6.45, 7) is 3.79. The first-order valence-electron chi connectivity index (χ1n) is 6.50. The van der Waals surface area contributed by atoms with Crippen LogP contribution >= 0.6 is 0 Å². The van der Waals surface area contributed by atoms with Gasteiger partial charge in [-0.1, -0.05) is 17.0 Å². The van der Waals surface area contributed by atoms with Gasteiger partial charge in [0.25, 0.3) is 5.91 Å². The molecule has 2 aromatic rings. The quantitative estimate of drug-likeness (QED) is 0.839. The van der Waals surface area contributed by atoms with E-state index in [-0.39, 0.29) is 19.1 Å². The zero-order valence-corrected chi connectivity index (χ0v) is 11.9. The van der Waals surface area contributed by atoms with E-state index in [0.717, 1.165) is 11.3 Å². The smallest absolute Gasteiger partial charge is 0.251 e. The van der Waals surface area contributed by atoms with Gasteiger partial charge in [-0.25, -0.2) is 0 Å². The average molecular weight is 284 g/mol. The number of amides is 1. The second-order valence-corrected chi connectivity index (χ2v) is 4.66. The van der Waals surface area contributed by atoms with E-state index in [2.05, 4.69) is 22.3 Å². The number of carbonyl (C=O) groups is 1. The average Bonchev–Trinajstić information content (AvgIpc) is 2.87. The van der Waals surface area contributed by atoms with Gasteiger partial charge in [0.2, 0.25) is 0 Å². The minimum Gasteiger partial charge on any atom is -0.384 e. The van der Waals surface area contributed by atoms with E-state index >= 15 is 0 Å². The number of aromatic nitrogens is 1. The molecule has 1 heterocycles. The molecule has 1 amide bonds. The highest BCUT2D eigenvalue weighted by Crippen LogP contribution is 2.10. The molecule has 0 radical (unpaired) electrons. The van der Waals surface area contributed by atoms with Gasteiger partial charge in [0.15, 0.2) is 5.76 Å². The number of aliphatic hydroxyl groups excluding tert-OH is 1. The van der Waals surface area contributed by atoms with Crippen molar-refractivity contribution in [1.82, 2.24) is 10.5 Å². The van der Waals surface area contributed by atoms with E-state index in [0.29, 0.717) is 16.9 Å². The van der Waals surface area contributed by atoms with E-state index in [9.17, 15) is 4.79 Å². The summed E-state index contributed by atoms with van der Waals surface area (Å²) in [6, 6.07) is 7.11. The van der Waals surface area contributed by atoms with Gasteiger partial charge in [-0.3, -0.25) is 4.79 Å². The maximum Gasteiger partial charge on any atom is 0.251 e. The number of aliphatic hydroxyl groups is 1. The van der Waals surface area contributed by atoms with Crippen LogP contribution in [0, 0.1) is 25.7 Å². The molecule has 0 saturated carbocycles. The van der Waals surface area contributed by atoms with Gasteiger partial charge >= 0.3 is 0 Å². The van der Waals surface area contributed by atoms with Crippen molar-refractivity contribution in [3.63, 3.8) is 0 Å². The summed E-state index contributed by atoms with van der Waals surface area (Å²) in [5, 5.41) is 15.2. The van der Waals surface area contributed by atoms with E-state index in [1.165, 1.54) is 0 Å². The van der Waals surface area contributed by atoms with Crippen LogP contribution in [0.2, 0.25) is 0 Å². The summed E-state index contributed by atoms with van der Waals surface area (Å²) in [5.74, 6) is 5.76. The number of hydrogen-bond acceptors (Lipinski definition) is 4.